The van der Waals surface area contributed by atoms with Crippen LogP contribution in [0.5, 0.6) is 0 Å². The van der Waals surface area contributed by atoms with Crippen LogP contribution < -0.4 is 5.69 Å². The fourth-order valence-electron chi connectivity index (χ4n) is 3.28. The first-order valence-corrected chi connectivity index (χ1v) is 7.89. The van der Waals surface area contributed by atoms with Crippen LogP contribution in [0.3, 0.4) is 0 Å². The molecule has 20 heavy (non-hydrogen) atoms. The van der Waals surface area contributed by atoms with Gasteiger partial charge in [-0.25, -0.2) is 9.89 Å². The first kappa shape index (κ1) is 13.7. The van der Waals surface area contributed by atoms with E-state index in [4.69, 9.17) is 5.11 Å². The SMILES string of the molecule is O=C(O)CSc1n[nH]c(=O)n1C1CCN2CCCC2C1. The van der Waals surface area contributed by atoms with E-state index in [2.05, 4.69) is 15.1 Å². The molecule has 0 bridgehead atoms. The van der Waals surface area contributed by atoms with Crippen LogP contribution in [0.1, 0.15) is 31.7 Å². The van der Waals surface area contributed by atoms with E-state index in [1.807, 2.05) is 0 Å². The van der Waals surface area contributed by atoms with Crippen molar-refractivity contribution in [1.82, 2.24) is 19.7 Å². The number of aliphatic carboxylic acids is 1. The zero-order valence-electron chi connectivity index (χ0n) is 11.1. The average molecular weight is 298 g/mol. The van der Waals surface area contributed by atoms with Crippen LogP contribution in [-0.4, -0.2) is 55.6 Å². The molecule has 2 aliphatic heterocycles. The van der Waals surface area contributed by atoms with E-state index >= 15 is 0 Å². The first-order valence-electron chi connectivity index (χ1n) is 6.90. The van der Waals surface area contributed by atoms with Crippen molar-refractivity contribution in [3.8, 4) is 0 Å². The minimum Gasteiger partial charge on any atom is -0.481 e. The molecule has 3 heterocycles. The molecule has 0 aliphatic carbocycles. The molecule has 0 amide bonds. The van der Waals surface area contributed by atoms with E-state index in [1.54, 1.807) is 4.57 Å². The minimum atomic E-state index is -0.900. The summed E-state index contributed by atoms with van der Waals surface area (Å²) in [4.78, 5) is 25.1. The molecule has 1 aromatic heterocycles. The van der Waals surface area contributed by atoms with Crippen LogP contribution in [0.15, 0.2) is 9.95 Å². The Morgan fingerprint density at radius 2 is 2.25 bits per heavy atom. The van der Waals surface area contributed by atoms with Crippen molar-refractivity contribution >= 4 is 17.7 Å². The molecule has 0 saturated carbocycles. The van der Waals surface area contributed by atoms with Gasteiger partial charge in [-0.2, -0.15) is 0 Å². The van der Waals surface area contributed by atoms with Gasteiger partial charge >= 0.3 is 11.7 Å². The third-order valence-corrected chi connectivity index (χ3v) is 5.09. The number of thioether (sulfide) groups is 1. The number of rotatable bonds is 4. The summed E-state index contributed by atoms with van der Waals surface area (Å²) in [6.07, 6.45) is 4.32. The standard InChI is InChI=1S/C12H18N4O3S/c17-10(18)7-20-12-14-13-11(19)16(12)9-3-5-15-4-1-2-8(15)6-9/h8-9H,1-7H2,(H,13,19)(H,17,18). The van der Waals surface area contributed by atoms with Gasteiger partial charge in [0.05, 0.1) is 5.75 Å². The monoisotopic (exact) mass is 298 g/mol. The summed E-state index contributed by atoms with van der Waals surface area (Å²) in [6.45, 7) is 2.17. The molecule has 2 saturated heterocycles. The number of hydrogen-bond acceptors (Lipinski definition) is 5. The number of aromatic amines is 1. The summed E-state index contributed by atoms with van der Waals surface area (Å²) in [7, 11) is 0. The molecule has 2 fully saturated rings. The Kier molecular flexibility index (Phi) is 3.84. The van der Waals surface area contributed by atoms with E-state index in [1.165, 1.54) is 12.8 Å². The number of nitrogens with one attached hydrogen (secondary N) is 1. The number of nitrogens with zero attached hydrogens (tertiary/aromatic N) is 3. The highest BCUT2D eigenvalue weighted by Crippen LogP contribution is 2.33. The van der Waals surface area contributed by atoms with Crippen molar-refractivity contribution in [2.45, 2.75) is 42.9 Å². The van der Waals surface area contributed by atoms with Crippen LogP contribution >= 0.6 is 11.8 Å². The summed E-state index contributed by atoms with van der Waals surface area (Å²) in [5, 5.41) is 15.7. The van der Waals surface area contributed by atoms with Gasteiger partial charge in [-0.15, -0.1) is 5.10 Å². The molecular formula is C12H18N4O3S. The molecule has 2 N–H and O–H groups in total. The highest BCUT2D eigenvalue weighted by atomic mass is 32.2. The van der Waals surface area contributed by atoms with Crippen LogP contribution in [-0.2, 0) is 4.79 Å². The minimum absolute atomic E-state index is 0.0768. The van der Waals surface area contributed by atoms with Gasteiger partial charge < -0.3 is 10.0 Å². The lowest BCUT2D eigenvalue weighted by Crippen LogP contribution is -2.40. The van der Waals surface area contributed by atoms with E-state index < -0.39 is 5.97 Å². The molecule has 0 radical (unpaired) electrons. The molecule has 3 rings (SSSR count). The number of carbonyl (C=O) groups is 1. The lowest BCUT2D eigenvalue weighted by Gasteiger charge is -2.35. The Labute approximate surface area is 120 Å². The number of piperidine rings is 1. The number of aromatic nitrogens is 3. The Morgan fingerprint density at radius 3 is 3.05 bits per heavy atom. The number of carboxylic acids is 1. The average Bonchev–Trinajstić information content (AvgIpc) is 3.01. The zero-order chi connectivity index (χ0) is 14.1. The van der Waals surface area contributed by atoms with Crippen LogP contribution in [0.2, 0.25) is 0 Å². The number of hydrogen-bond donors (Lipinski definition) is 2. The quantitative estimate of drug-likeness (QED) is 0.789. The first-order chi connectivity index (χ1) is 9.65. The predicted molar refractivity (Wildman–Crippen MR) is 74.1 cm³/mol. The molecule has 2 atom stereocenters. The summed E-state index contributed by atoms with van der Waals surface area (Å²) in [6, 6.07) is 0.699. The summed E-state index contributed by atoms with van der Waals surface area (Å²) in [5.74, 6) is -0.977. The van der Waals surface area contributed by atoms with Gasteiger partial charge in [0.15, 0.2) is 5.16 Å². The smallest absolute Gasteiger partial charge is 0.344 e. The van der Waals surface area contributed by atoms with Crippen molar-refractivity contribution in [1.29, 1.82) is 0 Å². The van der Waals surface area contributed by atoms with Crippen LogP contribution in [0.25, 0.3) is 0 Å². The lowest BCUT2D eigenvalue weighted by atomic mass is 9.97. The topological polar surface area (TPSA) is 91.2 Å². The van der Waals surface area contributed by atoms with Crippen molar-refractivity contribution in [2.24, 2.45) is 0 Å². The van der Waals surface area contributed by atoms with Gasteiger partial charge in [0.1, 0.15) is 0 Å². The maximum atomic E-state index is 11.9. The molecule has 0 spiro atoms. The summed E-state index contributed by atoms with van der Waals surface area (Å²) < 4.78 is 1.66. The lowest BCUT2D eigenvalue weighted by molar-refractivity contribution is -0.133. The summed E-state index contributed by atoms with van der Waals surface area (Å²) in [5.41, 5.74) is -0.227. The Morgan fingerprint density at radius 1 is 1.40 bits per heavy atom. The van der Waals surface area contributed by atoms with E-state index in [9.17, 15) is 9.59 Å². The molecule has 7 nitrogen and oxygen atoms in total. The fourth-order valence-corrected chi connectivity index (χ4v) is 4.01. The van der Waals surface area contributed by atoms with E-state index in [0.717, 1.165) is 37.7 Å². The second kappa shape index (κ2) is 5.61. The van der Waals surface area contributed by atoms with E-state index in [0.29, 0.717) is 11.2 Å². The maximum absolute atomic E-state index is 11.9. The number of fused-ring (bicyclic) bond motifs is 1. The predicted octanol–water partition coefficient (Wildman–Crippen LogP) is 0.547. The molecule has 110 valence electrons. The largest absolute Gasteiger partial charge is 0.481 e. The van der Waals surface area contributed by atoms with Gasteiger partial charge in [0.25, 0.3) is 0 Å². The Hall–Kier alpha value is -1.28. The van der Waals surface area contributed by atoms with Crippen molar-refractivity contribution < 1.29 is 9.90 Å². The van der Waals surface area contributed by atoms with Crippen LogP contribution in [0.4, 0.5) is 0 Å². The van der Waals surface area contributed by atoms with Crippen molar-refractivity contribution in [3.05, 3.63) is 10.5 Å². The van der Waals surface area contributed by atoms with Gasteiger partial charge in [-0.05, 0) is 32.2 Å². The Balaban J connectivity index is 1.77. The maximum Gasteiger partial charge on any atom is 0.344 e. The molecule has 2 aliphatic rings. The highest BCUT2D eigenvalue weighted by molar-refractivity contribution is 7.99. The molecular weight excluding hydrogens is 280 g/mol. The van der Waals surface area contributed by atoms with Crippen molar-refractivity contribution in [3.63, 3.8) is 0 Å². The Bertz CT molecular complexity index is 555. The zero-order valence-corrected chi connectivity index (χ0v) is 11.9. The van der Waals surface area contributed by atoms with Gasteiger partial charge in [-0.3, -0.25) is 9.36 Å². The van der Waals surface area contributed by atoms with Gasteiger partial charge in [0, 0.05) is 18.6 Å². The van der Waals surface area contributed by atoms with Crippen LogP contribution in [0, 0.1) is 0 Å². The normalized spacial score (nSPS) is 26.6. The van der Waals surface area contributed by atoms with Crippen molar-refractivity contribution in [2.75, 3.05) is 18.8 Å². The highest BCUT2D eigenvalue weighted by Gasteiger charge is 2.34. The van der Waals surface area contributed by atoms with Gasteiger partial charge in [-0.1, -0.05) is 11.8 Å². The third-order valence-electron chi connectivity index (χ3n) is 4.15. The molecule has 2 unspecified atom stereocenters. The molecule has 1 aromatic rings. The molecule has 0 aromatic carbocycles. The summed E-state index contributed by atoms with van der Waals surface area (Å²) >= 11 is 1.10. The third kappa shape index (κ3) is 2.62. The molecule has 8 heteroatoms. The van der Waals surface area contributed by atoms with Gasteiger partial charge in [0.2, 0.25) is 0 Å². The fraction of sp³-hybridized carbons (Fsp3) is 0.750. The second-order valence-corrected chi connectivity index (χ2v) is 6.32. The van der Waals surface area contributed by atoms with E-state index in [-0.39, 0.29) is 17.5 Å². The number of carboxylic acid groups (broad SMARTS) is 1. The number of H-pyrrole nitrogens is 1. The second-order valence-electron chi connectivity index (χ2n) is 5.37.